The van der Waals surface area contributed by atoms with Gasteiger partial charge in [-0.15, -0.1) is 0 Å². The molecular weight excluding hydrogens is 230 g/mol. The number of rotatable bonds is 6. The molecule has 17 heavy (non-hydrogen) atoms. The number of aryl methyl sites for hydroxylation is 1. The van der Waals surface area contributed by atoms with E-state index in [1.807, 2.05) is 6.07 Å². The van der Waals surface area contributed by atoms with E-state index >= 15 is 0 Å². The molecule has 1 nitrogen and oxygen atoms in total. The molecule has 1 N–H and O–H groups in total. The topological polar surface area (TPSA) is 12.0 Å². The van der Waals surface area contributed by atoms with Crippen LogP contribution < -0.4 is 5.32 Å². The third-order valence-corrected chi connectivity index (χ3v) is 3.79. The fraction of sp³-hybridized carbons (Fsp3) is 0.600. The molecule has 0 aliphatic rings. The van der Waals surface area contributed by atoms with Crippen molar-refractivity contribution in [1.82, 2.24) is 5.32 Å². The van der Waals surface area contributed by atoms with Crippen LogP contribution in [0.25, 0.3) is 0 Å². The van der Waals surface area contributed by atoms with Gasteiger partial charge in [0.25, 0.3) is 0 Å². The summed E-state index contributed by atoms with van der Waals surface area (Å²) in [6, 6.07) is 6.81. The number of halogens is 1. The molecule has 2 atom stereocenters. The maximum atomic E-state index is 6.08. The fourth-order valence-corrected chi connectivity index (χ4v) is 2.15. The summed E-state index contributed by atoms with van der Waals surface area (Å²) in [5, 5.41) is 4.42. The van der Waals surface area contributed by atoms with Gasteiger partial charge in [0.1, 0.15) is 0 Å². The minimum atomic E-state index is 0.450. The van der Waals surface area contributed by atoms with Gasteiger partial charge >= 0.3 is 0 Å². The highest BCUT2D eigenvalue weighted by Crippen LogP contribution is 2.26. The summed E-state index contributed by atoms with van der Waals surface area (Å²) < 4.78 is 0. The Morgan fingerprint density at radius 1 is 1.29 bits per heavy atom. The van der Waals surface area contributed by atoms with Crippen LogP contribution in [0, 0.1) is 12.8 Å². The first-order valence-corrected chi connectivity index (χ1v) is 6.95. The van der Waals surface area contributed by atoms with Crippen molar-refractivity contribution in [2.75, 3.05) is 6.54 Å². The van der Waals surface area contributed by atoms with E-state index in [1.165, 1.54) is 18.4 Å². The average molecular weight is 254 g/mol. The van der Waals surface area contributed by atoms with E-state index in [2.05, 4.69) is 45.1 Å². The third-order valence-electron chi connectivity index (χ3n) is 3.37. The second-order valence-corrected chi connectivity index (χ2v) is 5.28. The molecule has 0 bridgehead atoms. The lowest BCUT2D eigenvalue weighted by Gasteiger charge is -2.22. The van der Waals surface area contributed by atoms with Crippen LogP contribution in [0.1, 0.15) is 50.8 Å². The minimum Gasteiger partial charge on any atom is -0.310 e. The van der Waals surface area contributed by atoms with Crippen molar-refractivity contribution in [1.29, 1.82) is 0 Å². The highest BCUT2D eigenvalue weighted by Gasteiger charge is 2.14. The van der Waals surface area contributed by atoms with Crippen LogP contribution in [0.15, 0.2) is 18.2 Å². The molecular formula is C15H24ClN. The molecule has 1 aromatic rings. The van der Waals surface area contributed by atoms with Crippen molar-refractivity contribution in [3.63, 3.8) is 0 Å². The summed E-state index contributed by atoms with van der Waals surface area (Å²) in [6.45, 7) is 9.79. The van der Waals surface area contributed by atoms with Crippen molar-refractivity contribution >= 4 is 11.6 Å². The highest BCUT2D eigenvalue weighted by atomic mass is 35.5. The normalized spacial score (nSPS) is 14.6. The molecule has 96 valence electrons. The molecule has 2 heteroatoms. The molecule has 0 saturated carbocycles. The Morgan fingerprint density at radius 2 is 2.00 bits per heavy atom. The maximum Gasteiger partial charge on any atom is 0.0435 e. The molecule has 0 aliphatic carbocycles. The van der Waals surface area contributed by atoms with E-state index in [0.717, 1.165) is 23.0 Å². The predicted octanol–water partition coefficient (Wildman–Crippen LogP) is 4.74. The molecule has 1 rings (SSSR count). The number of benzene rings is 1. The monoisotopic (exact) mass is 253 g/mol. The first-order chi connectivity index (χ1) is 8.08. The van der Waals surface area contributed by atoms with Gasteiger partial charge in [0.2, 0.25) is 0 Å². The Morgan fingerprint density at radius 3 is 2.53 bits per heavy atom. The summed E-state index contributed by atoms with van der Waals surface area (Å²) in [5.41, 5.74) is 2.52. The van der Waals surface area contributed by atoms with Crippen LogP contribution in [0.4, 0.5) is 0 Å². The molecule has 0 amide bonds. The Balaban J connectivity index is 2.84. The van der Waals surface area contributed by atoms with Crippen molar-refractivity contribution in [2.45, 2.75) is 46.6 Å². The van der Waals surface area contributed by atoms with Gasteiger partial charge in [0.15, 0.2) is 0 Å². The highest BCUT2D eigenvalue weighted by molar-refractivity contribution is 6.31. The average Bonchev–Trinajstić information content (AvgIpc) is 2.32. The molecule has 0 spiro atoms. The zero-order chi connectivity index (χ0) is 12.8. The van der Waals surface area contributed by atoms with Gasteiger partial charge in [-0.2, -0.15) is 0 Å². The summed E-state index contributed by atoms with van der Waals surface area (Å²) in [4.78, 5) is 0. The van der Waals surface area contributed by atoms with E-state index in [9.17, 15) is 0 Å². The number of nitrogens with one attached hydrogen (secondary N) is 1. The van der Waals surface area contributed by atoms with Gasteiger partial charge < -0.3 is 5.32 Å². The Bertz CT molecular complexity index is 349. The zero-order valence-corrected chi connectivity index (χ0v) is 12.1. The molecule has 0 radical (unpaired) electrons. The Kier molecular flexibility index (Phi) is 6.01. The lowest BCUT2D eigenvalue weighted by Crippen LogP contribution is -2.22. The molecule has 0 aliphatic heterocycles. The van der Waals surface area contributed by atoms with Crippen LogP contribution in [0.5, 0.6) is 0 Å². The molecule has 0 aromatic heterocycles. The quantitative estimate of drug-likeness (QED) is 0.773. The Hall–Kier alpha value is -0.530. The second kappa shape index (κ2) is 7.03. The van der Waals surface area contributed by atoms with Gasteiger partial charge in [0.05, 0.1) is 0 Å². The molecule has 2 unspecified atom stereocenters. The molecule has 1 aromatic carbocycles. The van der Waals surface area contributed by atoms with E-state index < -0.39 is 0 Å². The van der Waals surface area contributed by atoms with Crippen LogP contribution in [0.2, 0.25) is 5.02 Å². The summed E-state index contributed by atoms with van der Waals surface area (Å²) >= 11 is 6.08. The number of hydrogen-bond acceptors (Lipinski definition) is 1. The van der Waals surface area contributed by atoms with Crippen molar-refractivity contribution in [2.24, 2.45) is 5.92 Å². The van der Waals surface area contributed by atoms with Crippen LogP contribution in [-0.4, -0.2) is 6.54 Å². The summed E-state index contributed by atoms with van der Waals surface area (Å²) in [5.74, 6) is 0.745. The largest absolute Gasteiger partial charge is 0.310 e. The van der Waals surface area contributed by atoms with Gasteiger partial charge in [-0.1, -0.05) is 50.9 Å². The van der Waals surface area contributed by atoms with E-state index in [-0.39, 0.29) is 0 Å². The third kappa shape index (κ3) is 4.33. The SMILES string of the molecule is CCNC(CC(C)CC)c1ccc(Cl)c(C)c1. The summed E-state index contributed by atoms with van der Waals surface area (Å²) in [6.07, 6.45) is 2.42. The first-order valence-electron chi connectivity index (χ1n) is 6.57. The van der Waals surface area contributed by atoms with Crippen LogP contribution >= 0.6 is 11.6 Å². The lowest BCUT2D eigenvalue weighted by atomic mass is 9.93. The van der Waals surface area contributed by atoms with Gasteiger partial charge in [-0.3, -0.25) is 0 Å². The predicted molar refractivity (Wildman–Crippen MR) is 76.7 cm³/mol. The second-order valence-electron chi connectivity index (χ2n) is 4.87. The van der Waals surface area contributed by atoms with Gasteiger partial charge in [-0.05, 0) is 43.0 Å². The van der Waals surface area contributed by atoms with Gasteiger partial charge in [0, 0.05) is 11.1 Å². The lowest BCUT2D eigenvalue weighted by molar-refractivity contribution is 0.408. The Labute approximate surface area is 111 Å². The molecule has 0 heterocycles. The molecule has 0 fully saturated rings. The maximum absolute atomic E-state index is 6.08. The zero-order valence-electron chi connectivity index (χ0n) is 11.4. The van der Waals surface area contributed by atoms with Crippen LogP contribution in [-0.2, 0) is 0 Å². The number of hydrogen-bond donors (Lipinski definition) is 1. The standard InChI is InChI=1S/C15H24ClN/c1-5-11(3)9-15(17-6-2)13-7-8-14(16)12(4)10-13/h7-8,10-11,15,17H,5-6,9H2,1-4H3. The van der Waals surface area contributed by atoms with Gasteiger partial charge in [-0.25, -0.2) is 0 Å². The van der Waals surface area contributed by atoms with Crippen molar-refractivity contribution in [3.05, 3.63) is 34.3 Å². The minimum absolute atomic E-state index is 0.450. The van der Waals surface area contributed by atoms with E-state index in [0.29, 0.717) is 6.04 Å². The van der Waals surface area contributed by atoms with Crippen molar-refractivity contribution < 1.29 is 0 Å². The van der Waals surface area contributed by atoms with E-state index in [1.54, 1.807) is 0 Å². The van der Waals surface area contributed by atoms with Crippen LogP contribution in [0.3, 0.4) is 0 Å². The first kappa shape index (κ1) is 14.5. The van der Waals surface area contributed by atoms with Crippen molar-refractivity contribution in [3.8, 4) is 0 Å². The smallest absolute Gasteiger partial charge is 0.0435 e. The summed E-state index contributed by atoms with van der Waals surface area (Å²) in [7, 11) is 0. The fourth-order valence-electron chi connectivity index (χ4n) is 2.04. The van der Waals surface area contributed by atoms with E-state index in [4.69, 9.17) is 11.6 Å². The molecule has 0 saturated heterocycles.